The molecule has 0 fully saturated rings. The van der Waals surface area contributed by atoms with Crippen LogP contribution in [0.1, 0.15) is 90.2 Å². The third-order valence-electron chi connectivity index (χ3n) is 5.79. The van der Waals surface area contributed by atoms with Crippen LogP contribution in [0.25, 0.3) is 0 Å². The van der Waals surface area contributed by atoms with Crippen molar-refractivity contribution >= 4 is 20.2 Å². The summed E-state index contributed by atoms with van der Waals surface area (Å²) in [6.45, 7) is 11.8. The Kier molecular flexibility index (Phi) is 13.5. The average molecular weight is 443 g/mol. The highest BCUT2D eigenvalue weighted by Gasteiger charge is 2.29. The fourth-order valence-electron chi connectivity index (χ4n) is 3.42. The van der Waals surface area contributed by atoms with Gasteiger partial charge < -0.3 is 9.05 Å². The number of unbranched alkanes of at least 4 members (excludes halogenated alkanes) is 2. The van der Waals surface area contributed by atoms with Crippen LogP contribution in [0.15, 0.2) is 23.1 Å². The maximum absolute atomic E-state index is 13.8. The van der Waals surface area contributed by atoms with E-state index in [0.717, 1.165) is 41.7 Å². The van der Waals surface area contributed by atoms with Crippen LogP contribution in [0, 0.1) is 18.8 Å². The SMILES string of the molecule is CCCCC(CC)COP(=O)(Cc1cccc(C)c1S)OCC(CC)CCCC. The Balaban J connectivity index is 2.90. The summed E-state index contributed by atoms with van der Waals surface area (Å²) in [6.07, 6.45) is 9.31. The van der Waals surface area contributed by atoms with Gasteiger partial charge in [0.15, 0.2) is 0 Å². The summed E-state index contributed by atoms with van der Waals surface area (Å²) in [4.78, 5) is 0.885. The number of thiol groups is 1. The molecule has 3 nitrogen and oxygen atoms in total. The van der Waals surface area contributed by atoms with E-state index in [1.54, 1.807) is 0 Å². The molecular weight excluding hydrogens is 399 g/mol. The maximum Gasteiger partial charge on any atom is 0.335 e. The molecule has 1 aromatic carbocycles. The molecule has 0 N–H and O–H groups in total. The minimum atomic E-state index is -3.24. The Labute approximate surface area is 185 Å². The van der Waals surface area contributed by atoms with Gasteiger partial charge in [0.05, 0.1) is 19.4 Å². The van der Waals surface area contributed by atoms with Crippen molar-refractivity contribution in [3.05, 3.63) is 29.3 Å². The first kappa shape index (κ1) is 26.8. The van der Waals surface area contributed by atoms with Crippen molar-refractivity contribution in [1.29, 1.82) is 0 Å². The second-order valence-electron chi connectivity index (χ2n) is 8.28. The van der Waals surface area contributed by atoms with Crippen LogP contribution >= 0.6 is 20.2 Å². The molecule has 5 heteroatoms. The van der Waals surface area contributed by atoms with Crippen molar-refractivity contribution in [2.45, 2.75) is 97.0 Å². The second-order valence-corrected chi connectivity index (χ2v) is 10.8. The zero-order valence-electron chi connectivity index (χ0n) is 19.3. The molecular formula is C24H43O3PS. The number of aryl methyl sites for hydroxylation is 1. The van der Waals surface area contributed by atoms with Crippen molar-refractivity contribution in [2.24, 2.45) is 11.8 Å². The van der Waals surface area contributed by atoms with E-state index < -0.39 is 7.60 Å². The van der Waals surface area contributed by atoms with Crippen LogP contribution in [0.5, 0.6) is 0 Å². The van der Waals surface area contributed by atoms with E-state index in [4.69, 9.17) is 9.05 Å². The van der Waals surface area contributed by atoms with Crippen molar-refractivity contribution in [2.75, 3.05) is 13.2 Å². The first-order valence-corrected chi connectivity index (χ1v) is 13.7. The van der Waals surface area contributed by atoms with E-state index in [1.807, 2.05) is 25.1 Å². The number of hydrogen-bond donors (Lipinski definition) is 1. The molecule has 0 saturated carbocycles. The summed E-state index contributed by atoms with van der Waals surface area (Å²) in [5.41, 5.74) is 2.03. The summed E-state index contributed by atoms with van der Waals surface area (Å²) in [6, 6.07) is 5.99. The Morgan fingerprint density at radius 1 is 0.931 bits per heavy atom. The summed E-state index contributed by atoms with van der Waals surface area (Å²) in [7, 11) is -3.24. The highest BCUT2D eigenvalue weighted by atomic mass is 32.1. The van der Waals surface area contributed by atoms with Gasteiger partial charge in [-0.15, -0.1) is 12.6 Å². The van der Waals surface area contributed by atoms with Crippen LogP contribution in [0.3, 0.4) is 0 Å². The molecule has 168 valence electrons. The largest absolute Gasteiger partial charge is 0.335 e. The fourth-order valence-corrected chi connectivity index (χ4v) is 5.59. The Bertz CT molecular complexity index is 596. The number of hydrogen-bond acceptors (Lipinski definition) is 4. The summed E-state index contributed by atoms with van der Waals surface area (Å²) >= 11 is 4.64. The first-order chi connectivity index (χ1) is 13.9. The molecule has 0 aromatic heterocycles. The molecule has 0 amide bonds. The third kappa shape index (κ3) is 10.0. The molecule has 1 rings (SSSR count). The molecule has 0 spiro atoms. The Morgan fingerprint density at radius 2 is 1.45 bits per heavy atom. The zero-order valence-corrected chi connectivity index (χ0v) is 21.1. The van der Waals surface area contributed by atoms with Gasteiger partial charge in [0.1, 0.15) is 0 Å². The van der Waals surface area contributed by atoms with E-state index in [-0.39, 0.29) is 0 Å². The minimum absolute atomic E-state index is 0.294. The first-order valence-electron chi connectivity index (χ1n) is 11.5. The van der Waals surface area contributed by atoms with E-state index in [2.05, 4.69) is 40.3 Å². The molecule has 0 bridgehead atoms. The lowest BCUT2D eigenvalue weighted by Crippen LogP contribution is -2.13. The molecule has 0 aliphatic heterocycles. The Morgan fingerprint density at radius 3 is 1.90 bits per heavy atom. The van der Waals surface area contributed by atoms with E-state index >= 15 is 0 Å². The van der Waals surface area contributed by atoms with Gasteiger partial charge in [-0.3, -0.25) is 4.57 Å². The molecule has 0 saturated heterocycles. The lowest BCUT2D eigenvalue weighted by Gasteiger charge is -2.25. The number of benzene rings is 1. The standard InChI is InChI=1S/C24H43O3PS/c1-6-10-14-21(8-3)17-26-28(25,27-18-22(9-4)15-11-7-2)19-23-16-12-13-20(5)24(23)29/h12-13,16,21-22,29H,6-11,14-15,17-19H2,1-5H3. The average Bonchev–Trinajstić information content (AvgIpc) is 2.72. The van der Waals surface area contributed by atoms with Crippen LogP contribution in [-0.4, -0.2) is 13.2 Å². The lowest BCUT2D eigenvalue weighted by molar-refractivity contribution is 0.150. The van der Waals surface area contributed by atoms with Gasteiger partial charge in [-0.05, 0) is 42.7 Å². The van der Waals surface area contributed by atoms with Crippen molar-refractivity contribution < 1.29 is 13.6 Å². The van der Waals surface area contributed by atoms with Crippen molar-refractivity contribution in [3.63, 3.8) is 0 Å². The van der Waals surface area contributed by atoms with Gasteiger partial charge in [-0.25, -0.2) is 0 Å². The van der Waals surface area contributed by atoms with Crippen LogP contribution < -0.4 is 0 Å². The zero-order chi connectivity index (χ0) is 21.7. The highest BCUT2D eigenvalue weighted by Crippen LogP contribution is 2.53. The van der Waals surface area contributed by atoms with Gasteiger partial charge in [0.25, 0.3) is 0 Å². The quantitative estimate of drug-likeness (QED) is 0.206. The smallest absolute Gasteiger partial charge is 0.308 e. The van der Waals surface area contributed by atoms with Gasteiger partial charge in [0.2, 0.25) is 0 Å². The number of rotatable bonds is 16. The van der Waals surface area contributed by atoms with Crippen LogP contribution in [-0.2, 0) is 19.8 Å². The molecule has 2 unspecified atom stereocenters. The maximum atomic E-state index is 13.8. The van der Waals surface area contributed by atoms with Crippen molar-refractivity contribution in [1.82, 2.24) is 0 Å². The van der Waals surface area contributed by atoms with E-state index in [0.29, 0.717) is 31.2 Å². The summed E-state index contributed by atoms with van der Waals surface area (Å²) in [5.74, 6) is 0.865. The van der Waals surface area contributed by atoms with Gasteiger partial charge in [-0.2, -0.15) is 0 Å². The van der Waals surface area contributed by atoms with Crippen molar-refractivity contribution in [3.8, 4) is 0 Å². The van der Waals surface area contributed by atoms with Gasteiger partial charge >= 0.3 is 7.60 Å². The molecule has 1 aromatic rings. The fraction of sp³-hybridized carbons (Fsp3) is 0.750. The topological polar surface area (TPSA) is 35.5 Å². The molecule has 29 heavy (non-hydrogen) atoms. The third-order valence-corrected chi connectivity index (χ3v) is 8.24. The molecule has 2 atom stereocenters. The molecule has 0 aliphatic rings. The van der Waals surface area contributed by atoms with Crippen LogP contribution in [0.4, 0.5) is 0 Å². The minimum Gasteiger partial charge on any atom is -0.308 e. The Hall–Kier alpha value is -0.280. The van der Waals surface area contributed by atoms with E-state index in [9.17, 15) is 4.57 Å². The van der Waals surface area contributed by atoms with Crippen LogP contribution in [0.2, 0.25) is 0 Å². The predicted octanol–water partition coefficient (Wildman–Crippen LogP) is 8.44. The second kappa shape index (κ2) is 14.7. The monoisotopic (exact) mass is 442 g/mol. The molecule has 0 radical (unpaired) electrons. The lowest BCUT2D eigenvalue weighted by atomic mass is 10.0. The molecule has 0 heterocycles. The normalized spacial score (nSPS) is 15.8. The van der Waals surface area contributed by atoms with Gasteiger partial charge in [-0.1, -0.05) is 84.4 Å². The molecule has 0 aliphatic carbocycles. The summed E-state index contributed by atoms with van der Waals surface area (Å²) < 4.78 is 25.9. The van der Waals surface area contributed by atoms with E-state index in [1.165, 1.54) is 25.7 Å². The highest BCUT2D eigenvalue weighted by molar-refractivity contribution is 7.80. The predicted molar refractivity (Wildman–Crippen MR) is 128 cm³/mol. The summed E-state index contributed by atoms with van der Waals surface area (Å²) in [5, 5.41) is 0. The van der Waals surface area contributed by atoms with Gasteiger partial charge in [0, 0.05) is 4.90 Å².